The average Bonchev–Trinajstić information content (AvgIpc) is 2.90. The predicted molar refractivity (Wildman–Crippen MR) is 77.8 cm³/mol. The highest BCUT2D eigenvalue weighted by atomic mass is 16.2. The molecule has 1 spiro atoms. The van der Waals surface area contributed by atoms with Gasteiger partial charge in [0.05, 0.1) is 0 Å². The van der Waals surface area contributed by atoms with Crippen LogP contribution >= 0.6 is 0 Å². The summed E-state index contributed by atoms with van der Waals surface area (Å²) >= 11 is 0. The van der Waals surface area contributed by atoms with Gasteiger partial charge >= 0.3 is 0 Å². The predicted octanol–water partition coefficient (Wildman–Crippen LogP) is 1.84. The Morgan fingerprint density at radius 3 is 2.55 bits per heavy atom. The molecule has 4 nitrogen and oxygen atoms in total. The second-order valence-electron chi connectivity index (χ2n) is 5.89. The first-order valence-corrected chi connectivity index (χ1v) is 7.68. The van der Waals surface area contributed by atoms with Crippen molar-refractivity contribution in [1.82, 2.24) is 10.2 Å². The van der Waals surface area contributed by atoms with Crippen molar-refractivity contribution in [2.75, 3.05) is 0 Å². The van der Waals surface area contributed by atoms with Crippen LogP contribution in [-0.4, -0.2) is 34.3 Å². The molecule has 2 unspecified atom stereocenters. The van der Waals surface area contributed by atoms with Gasteiger partial charge in [0.15, 0.2) is 0 Å². The lowest BCUT2D eigenvalue weighted by molar-refractivity contribution is -0.158. The molecule has 1 heterocycles. The minimum absolute atomic E-state index is 0.00975. The third kappa shape index (κ3) is 2.30. The summed E-state index contributed by atoms with van der Waals surface area (Å²) in [6, 6.07) is -0.395. The molecular formula is C16H24N2O2. The van der Waals surface area contributed by atoms with Gasteiger partial charge in [-0.25, -0.2) is 0 Å². The Morgan fingerprint density at radius 2 is 2.05 bits per heavy atom. The van der Waals surface area contributed by atoms with E-state index in [1.54, 1.807) is 4.90 Å². The molecule has 2 atom stereocenters. The lowest BCUT2D eigenvalue weighted by Crippen LogP contribution is -2.71. The molecule has 1 aliphatic carbocycles. The summed E-state index contributed by atoms with van der Waals surface area (Å²) in [5, 5.41) is 3.01. The van der Waals surface area contributed by atoms with Crippen molar-refractivity contribution >= 4 is 11.8 Å². The molecule has 1 saturated heterocycles. The summed E-state index contributed by atoms with van der Waals surface area (Å²) in [6.45, 7) is 3.97. The Hall–Kier alpha value is -1.50. The van der Waals surface area contributed by atoms with Crippen molar-refractivity contribution in [1.29, 1.82) is 0 Å². The van der Waals surface area contributed by atoms with Gasteiger partial charge in [-0.3, -0.25) is 9.59 Å². The van der Waals surface area contributed by atoms with Crippen LogP contribution in [0.3, 0.4) is 0 Å². The van der Waals surface area contributed by atoms with E-state index in [1.807, 2.05) is 13.8 Å². The summed E-state index contributed by atoms with van der Waals surface area (Å²) in [5.41, 5.74) is -0.648. The molecule has 4 heteroatoms. The molecule has 0 radical (unpaired) electrons. The fraction of sp³-hybridized carbons (Fsp3) is 0.750. The van der Waals surface area contributed by atoms with Gasteiger partial charge in [-0.05, 0) is 25.7 Å². The summed E-state index contributed by atoms with van der Waals surface area (Å²) in [4.78, 5) is 27.2. The summed E-state index contributed by atoms with van der Waals surface area (Å²) in [6.07, 6.45) is 10.9. The number of hydrogen-bond donors (Lipinski definition) is 1. The molecule has 20 heavy (non-hydrogen) atoms. The van der Waals surface area contributed by atoms with Crippen molar-refractivity contribution in [3.05, 3.63) is 0 Å². The standard InChI is InChI=1S/C16H24N2O2/c1-4-9-12(5-2)18-13(6-3)14(19)17-16(15(18)20)10-7-8-11-16/h1,12-13H,5-11H2,2-3H3,(H,17,19). The monoisotopic (exact) mass is 276 g/mol. The number of nitrogens with zero attached hydrogens (tertiary/aromatic N) is 1. The normalized spacial score (nSPS) is 26.4. The Kier molecular flexibility index (Phi) is 4.37. The topological polar surface area (TPSA) is 49.4 Å². The van der Waals surface area contributed by atoms with E-state index >= 15 is 0 Å². The van der Waals surface area contributed by atoms with Crippen molar-refractivity contribution in [2.24, 2.45) is 0 Å². The largest absolute Gasteiger partial charge is 0.340 e. The average molecular weight is 276 g/mol. The highest BCUT2D eigenvalue weighted by Crippen LogP contribution is 2.36. The van der Waals surface area contributed by atoms with Crippen LogP contribution in [0.2, 0.25) is 0 Å². The van der Waals surface area contributed by atoms with Gasteiger partial charge in [0.2, 0.25) is 11.8 Å². The molecule has 2 aliphatic rings. The minimum Gasteiger partial charge on any atom is -0.340 e. The molecule has 0 aromatic heterocycles. The van der Waals surface area contributed by atoms with Crippen molar-refractivity contribution in [2.45, 2.75) is 76.4 Å². The van der Waals surface area contributed by atoms with Crippen LogP contribution in [0.4, 0.5) is 0 Å². The van der Waals surface area contributed by atoms with Crippen LogP contribution in [0, 0.1) is 12.3 Å². The minimum atomic E-state index is -0.648. The van der Waals surface area contributed by atoms with Crippen LogP contribution in [0.25, 0.3) is 0 Å². The van der Waals surface area contributed by atoms with Crippen molar-refractivity contribution in [3.8, 4) is 12.3 Å². The molecule has 2 fully saturated rings. The van der Waals surface area contributed by atoms with E-state index in [4.69, 9.17) is 6.42 Å². The molecule has 0 bridgehead atoms. The van der Waals surface area contributed by atoms with E-state index in [0.29, 0.717) is 12.8 Å². The van der Waals surface area contributed by atoms with E-state index in [9.17, 15) is 9.59 Å². The van der Waals surface area contributed by atoms with Gasteiger partial charge < -0.3 is 10.2 Å². The van der Waals surface area contributed by atoms with E-state index in [0.717, 1.165) is 32.1 Å². The maximum absolute atomic E-state index is 13.0. The van der Waals surface area contributed by atoms with Crippen LogP contribution in [0.15, 0.2) is 0 Å². The maximum Gasteiger partial charge on any atom is 0.249 e. The van der Waals surface area contributed by atoms with E-state index in [2.05, 4.69) is 11.2 Å². The zero-order valence-electron chi connectivity index (χ0n) is 12.4. The van der Waals surface area contributed by atoms with E-state index < -0.39 is 5.54 Å². The maximum atomic E-state index is 13.0. The molecule has 1 N–H and O–H groups in total. The molecule has 0 aromatic carbocycles. The number of carbonyl (C=O) groups excluding carboxylic acids is 2. The number of carbonyl (C=O) groups is 2. The van der Waals surface area contributed by atoms with Gasteiger partial charge in [-0.1, -0.05) is 26.7 Å². The van der Waals surface area contributed by atoms with Gasteiger partial charge in [0.1, 0.15) is 11.6 Å². The Balaban J connectivity index is 2.34. The lowest BCUT2D eigenvalue weighted by atomic mass is 9.88. The summed E-state index contributed by atoms with van der Waals surface area (Å²) in [5.74, 6) is 2.73. The van der Waals surface area contributed by atoms with E-state index in [-0.39, 0.29) is 23.9 Å². The Bertz CT molecular complexity index is 432. The second-order valence-corrected chi connectivity index (χ2v) is 5.89. The molecule has 2 rings (SSSR count). The number of terminal acetylenes is 1. The number of amides is 2. The van der Waals surface area contributed by atoms with Crippen molar-refractivity contribution < 1.29 is 9.59 Å². The number of rotatable bonds is 4. The fourth-order valence-electron chi connectivity index (χ4n) is 3.58. The molecule has 0 aromatic rings. The summed E-state index contributed by atoms with van der Waals surface area (Å²) < 4.78 is 0. The quantitative estimate of drug-likeness (QED) is 0.797. The molecule has 110 valence electrons. The zero-order valence-corrected chi connectivity index (χ0v) is 12.4. The highest BCUT2D eigenvalue weighted by molar-refractivity contribution is 6.00. The van der Waals surface area contributed by atoms with Crippen LogP contribution in [-0.2, 0) is 9.59 Å². The lowest BCUT2D eigenvalue weighted by Gasteiger charge is -2.47. The number of nitrogens with one attached hydrogen (secondary N) is 1. The van der Waals surface area contributed by atoms with Gasteiger partial charge in [0.25, 0.3) is 0 Å². The fourth-order valence-corrected chi connectivity index (χ4v) is 3.58. The first-order valence-electron chi connectivity index (χ1n) is 7.68. The summed E-state index contributed by atoms with van der Waals surface area (Å²) in [7, 11) is 0. The zero-order chi connectivity index (χ0) is 14.8. The van der Waals surface area contributed by atoms with Crippen molar-refractivity contribution in [3.63, 3.8) is 0 Å². The van der Waals surface area contributed by atoms with Gasteiger partial charge in [-0.15, -0.1) is 12.3 Å². The smallest absolute Gasteiger partial charge is 0.249 e. The van der Waals surface area contributed by atoms with E-state index in [1.165, 1.54) is 0 Å². The van der Waals surface area contributed by atoms with Crippen LogP contribution in [0.5, 0.6) is 0 Å². The molecule has 1 aliphatic heterocycles. The molecular weight excluding hydrogens is 252 g/mol. The highest BCUT2D eigenvalue weighted by Gasteiger charge is 2.52. The number of piperazine rings is 1. The van der Waals surface area contributed by atoms with Crippen LogP contribution in [0.1, 0.15) is 58.8 Å². The first-order chi connectivity index (χ1) is 9.59. The molecule has 2 amide bonds. The van der Waals surface area contributed by atoms with Crippen LogP contribution < -0.4 is 5.32 Å². The SMILES string of the molecule is C#CCC(CC)N1C(=O)C2(CCCC2)NC(=O)C1CC. The Morgan fingerprint density at radius 1 is 1.40 bits per heavy atom. The third-order valence-corrected chi connectivity index (χ3v) is 4.71. The third-order valence-electron chi connectivity index (χ3n) is 4.71. The Labute approximate surface area is 121 Å². The van der Waals surface area contributed by atoms with Gasteiger partial charge in [-0.2, -0.15) is 0 Å². The second kappa shape index (κ2) is 5.87. The van der Waals surface area contributed by atoms with Gasteiger partial charge in [0, 0.05) is 12.5 Å². The first kappa shape index (κ1) is 14.9. The molecule has 1 saturated carbocycles. The number of hydrogen-bond acceptors (Lipinski definition) is 2.